The minimum Gasteiger partial charge on any atom is -0.292 e. The number of aromatic nitrogens is 6. The molecule has 0 bridgehead atoms. The van der Waals surface area contributed by atoms with Gasteiger partial charge >= 0.3 is 0 Å². The van der Waals surface area contributed by atoms with Crippen LogP contribution in [0.5, 0.6) is 0 Å². The number of nitrogens with zero attached hydrogens (tertiary/aromatic N) is 6. The van der Waals surface area contributed by atoms with Gasteiger partial charge in [0.1, 0.15) is 5.82 Å². The number of para-hydroxylation sites is 3. The lowest BCUT2D eigenvalue weighted by molar-refractivity contribution is 1.10. The highest BCUT2D eigenvalue weighted by atomic mass is 15.1. The number of hydrogen-bond acceptors (Lipinski definition) is 5. The minimum absolute atomic E-state index is 0.568. The van der Waals surface area contributed by atoms with Gasteiger partial charge in [-0.25, -0.2) is 24.9 Å². The molecule has 0 saturated heterocycles. The van der Waals surface area contributed by atoms with Gasteiger partial charge in [-0.2, -0.15) is 0 Å². The summed E-state index contributed by atoms with van der Waals surface area (Å²) in [7, 11) is 0. The molecule has 340 valence electrons. The molecule has 0 aliphatic heterocycles. The number of hydrogen-bond donors (Lipinski definition) is 0. The molecule has 14 rings (SSSR count). The van der Waals surface area contributed by atoms with Crippen molar-refractivity contribution in [2.24, 2.45) is 0 Å². The van der Waals surface area contributed by atoms with Crippen molar-refractivity contribution in [3.8, 4) is 84.9 Å². The molecule has 0 aliphatic rings. The molecule has 0 unspecified atom stereocenters. The number of benzene rings is 11. The Morgan fingerprint density at radius 1 is 0.260 bits per heavy atom. The summed E-state index contributed by atoms with van der Waals surface area (Å²) in [6.07, 6.45) is 0. The zero-order valence-electron chi connectivity index (χ0n) is 39.4. The highest BCUT2D eigenvalue weighted by Gasteiger charge is 2.22. The van der Waals surface area contributed by atoms with Crippen LogP contribution >= 0.6 is 0 Å². The molecule has 0 N–H and O–H groups in total. The maximum atomic E-state index is 5.54. The van der Waals surface area contributed by atoms with Gasteiger partial charge in [0.05, 0.1) is 33.8 Å². The molecule has 6 heteroatoms. The van der Waals surface area contributed by atoms with Gasteiger partial charge in [-0.3, -0.25) is 4.57 Å². The van der Waals surface area contributed by atoms with E-state index < -0.39 is 0 Å². The van der Waals surface area contributed by atoms with Crippen LogP contribution in [-0.4, -0.2) is 29.5 Å². The molecule has 0 spiro atoms. The van der Waals surface area contributed by atoms with Gasteiger partial charge in [-0.15, -0.1) is 0 Å². The van der Waals surface area contributed by atoms with Crippen LogP contribution in [0.4, 0.5) is 0 Å². The van der Waals surface area contributed by atoms with Crippen LogP contribution < -0.4 is 0 Å². The van der Waals surface area contributed by atoms with Crippen LogP contribution in [0.25, 0.3) is 139 Å². The molecule has 0 saturated carbocycles. The predicted molar refractivity (Wildman–Crippen MR) is 300 cm³/mol. The molecular weight excluding hydrogens is 889 g/mol. The van der Waals surface area contributed by atoms with Gasteiger partial charge < -0.3 is 0 Å². The molecule has 0 radical (unpaired) electrons. The summed E-state index contributed by atoms with van der Waals surface area (Å²) in [6, 6.07) is 89.2. The van der Waals surface area contributed by atoms with Crippen molar-refractivity contribution in [1.29, 1.82) is 0 Å². The first-order valence-electron chi connectivity index (χ1n) is 24.6. The first-order chi connectivity index (χ1) is 36.2. The standard InChI is InChI=1S/C67H42N6/c1-2-26-50(27-3-1)73-64-37-13-12-36-59(64)72-67(73)49-39-47(65-68-60(55-32-14-22-43-18-4-8-28-51(43)55)41-61(69-65)56-33-15-23-44-19-5-9-29-52(44)56)38-48(40-49)66-70-62(57-34-16-24-45-20-6-10-30-53(45)57)42-63(71-66)58-35-17-25-46-21-7-11-31-54(46)58/h1-42H. The average Bonchev–Trinajstić information content (AvgIpc) is 3.86. The van der Waals surface area contributed by atoms with Gasteiger partial charge in [0.15, 0.2) is 11.6 Å². The SMILES string of the molecule is c1ccc(-n2c(-c3cc(-c4nc(-c5cccc6ccccc56)cc(-c5cccc6ccccc56)n4)cc(-c4nc(-c5cccc6ccccc56)cc(-c5cccc6ccccc56)n4)c3)nc3ccccc32)cc1. The lowest BCUT2D eigenvalue weighted by Crippen LogP contribution is -2.01. The maximum absolute atomic E-state index is 5.54. The molecule has 3 aromatic heterocycles. The van der Waals surface area contributed by atoms with E-state index in [1.54, 1.807) is 0 Å². The number of rotatable bonds is 8. The minimum atomic E-state index is 0.568. The Morgan fingerprint density at radius 3 is 1.03 bits per heavy atom. The summed E-state index contributed by atoms with van der Waals surface area (Å²) in [6.45, 7) is 0. The zero-order valence-corrected chi connectivity index (χ0v) is 39.4. The molecule has 0 atom stereocenters. The van der Waals surface area contributed by atoms with E-state index in [1.165, 1.54) is 0 Å². The smallest absolute Gasteiger partial charge is 0.160 e. The molecule has 3 heterocycles. The summed E-state index contributed by atoms with van der Waals surface area (Å²) in [4.78, 5) is 27.6. The molecule has 0 amide bonds. The van der Waals surface area contributed by atoms with Crippen LogP contribution in [0.15, 0.2) is 255 Å². The normalized spacial score (nSPS) is 11.6. The second-order valence-electron chi connectivity index (χ2n) is 18.4. The highest BCUT2D eigenvalue weighted by Crippen LogP contribution is 2.40. The lowest BCUT2D eigenvalue weighted by atomic mass is 9.97. The molecule has 0 fully saturated rings. The quantitative estimate of drug-likeness (QED) is 0.152. The van der Waals surface area contributed by atoms with Gasteiger partial charge in [0, 0.05) is 44.6 Å². The number of imidazole rings is 1. The third-order valence-electron chi connectivity index (χ3n) is 14.0. The summed E-state index contributed by atoms with van der Waals surface area (Å²) in [5, 5.41) is 9.02. The molecule has 73 heavy (non-hydrogen) atoms. The van der Waals surface area contributed by atoms with Crippen molar-refractivity contribution in [3.05, 3.63) is 255 Å². The summed E-state index contributed by atoms with van der Waals surface area (Å²) in [5.41, 5.74) is 12.7. The van der Waals surface area contributed by atoms with Crippen molar-refractivity contribution in [1.82, 2.24) is 29.5 Å². The molecule has 14 aromatic rings. The van der Waals surface area contributed by atoms with E-state index in [-0.39, 0.29) is 0 Å². The topological polar surface area (TPSA) is 69.4 Å². The zero-order chi connectivity index (χ0) is 48.2. The first kappa shape index (κ1) is 42.0. The van der Waals surface area contributed by atoms with E-state index >= 15 is 0 Å². The third kappa shape index (κ3) is 7.48. The lowest BCUT2D eigenvalue weighted by Gasteiger charge is -2.16. The fourth-order valence-corrected chi connectivity index (χ4v) is 10.6. The maximum Gasteiger partial charge on any atom is 0.160 e. The van der Waals surface area contributed by atoms with E-state index in [9.17, 15) is 0 Å². The average molecular weight is 931 g/mol. The van der Waals surface area contributed by atoms with E-state index in [2.05, 4.69) is 247 Å². The van der Waals surface area contributed by atoms with Crippen molar-refractivity contribution < 1.29 is 0 Å². The van der Waals surface area contributed by atoms with Gasteiger partial charge in [0.2, 0.25) is 0 Å². The molecule has 0 aliphatic carbocycles. The Bertz CT molecular complexity index is 4020. The van der Waals surface area contributed by atoms with E-state index in [4.69, 9.17) is 24.9 Å². The largest absolute Gasteiger partial charge is 0.292 e. The Hall–Kier alpha value is -9.91. The van der Waals surface area contributed by atoms with Crippen LogP contribution in [0.2, 0.25) is 0 Å². The Balaban J connectivity index is 1.08. The Labute approximate surface area is 421 Å². The fourth-order valence-electron chi connectivity index (χ4n) is 10.6. The Kier molecular flexibility index (Phi) is 10.1. The van der Waals surface area contributed by atoms with Crippen molar-refractivity contribution >= 4 is 54.1 Å². The Morgan fingerprint density at radius 2 is 0.603 bits per heavy atom. The summed E-state index contributed by atoms with van der Waals surface area (Å²) < 4.78 is 2.24. The molecular formula is C67H42N6. The van der Waals surface area contributed by atoms with E-state index in [0.717, 1.165) is 127 Å². The van der Waals surface area contributed by atoms with Gasteiger partial charge in [-0.1, -0.05) is 200 Å². The second kappa shape index (κ2) is 17.5. The molecule has 6 nitrogen and oxygen atoms in total. The van der Waals surface area contributed by atoms with Gasteiger partial charge in [-0.05, 0) is 97.7 Å². The van der Waals surface area contributed by atoms with Crippen LogP contribution in [0.3, 0.4) is 0 Å². The predicted octanol–water partition coefficient (Wildman–Crippen LogP) is 16.9. The van der Waals surface area contributed by atoms with Crippen molar-refractivity contribution in [2.45, 2.75) is 0 Å². The molecule has 11 aromatic carbocycles. The second-order valence-corrected chi connectivity index (χ2v) is 18.4. The van der Waals surface area contributed by atoms with E-state index in [0.29, 0.717) is 11.6 Å². The number of fused-ring (bicyclic) bond motifs is 5. The monoisotopic (exact) mass is 930 g/mol. The van der Waals surface area contributed by atoms with Crippen LogP contribution in [-0.2, 0) is 0 Å². The third-order valence-corrected chi connectivity index (χ3v) is 14.0. The van der Waals surface area contributed by atoms with Crippen molar-refractivity contribution in [2.75, 3.05) is 0 Å². The van der Waals surface area contributed by atoms with Crippen molar-refractivity contribution in [3.63, 3.8) is 0 Å². The van der Waals surface area contributed by atoms with E-state index in [1.807, 2.05) is 12.1 Å². The first-order valence-corrected chi connectivity index (χ1v) is 24.6. The summed E-state index contributed by atoms with van der Waals surface area (Å²) in [5.74, 6) is 1.91. The van der Waals surface area contributed by atoms with Crippen LogP contribution in [0, 0.1) is 0 Å². The fraction of sp³-hybridized carbons (Fsp3) is 0. The highest BCUT2D eigenvalue weighted by molar-refractivity contribution is 6.01. The van der Waals surface area contributed by atoms with Gasteiger partial charge in [0.25, 0.3) is 0 Å². The van der Waals surface area contributed by atoms with Crippen LogP contribution in [0.1, 0.15) is 0 Å². The summed E-state index contributed by atoms with van der Waals surface area (Å²) >= 11 is 0.